The van der Waals surface area contributed by atoms with E-state index in [1.165, 1.54) is 10.8 Å². The van der Waals surface area contributed by atoms with Crippen LogP contribution in [0.15, 0.2) is 34.8 Å². The Morgan fingerprint density at radius 3 is 2.69 bits per heavy atom. The van der Waals surface area contributed by atoms with E-state index in [1.807, 2.05) is 25.1 Å². The summed E-state index contributed by atoms with van der Waals surface area (Å²) in [5.74, 6) is 0. The first kappa shape index (κ1) is 9.04. The normalized spacial score (nSPS) is 10.7. The van der Waals surface area contributed by atoms with E-state index in [4.69, 9.17) is 11.6 Å². The standard InChI is InChI=1S/C11H8BrCl/c1-7-9-5-3-2-4-8(9)6-10(12)11(7)13/h2-6H,1H3. The van der Waals surface area contributed by atoms with Gasteiger partial charge in [0.1, 0.15) is 0 Å². The molecule has 0 aliphatic carbocycles. The number of aryl methyl sites for hydroxylation is 1. The van der Waals surface area contributed by atoms with Gasteiger partial charge in [0.15, 0.2) is 0 Å². The molecule has 13 heavy (non-hydrogen) atoms. The minimum Gasteiger partial charge on any atom is -0.0828 e. The Labute approximate surface area is 90.6 Å². The fourth-order valence-corrected chi connectivity index (χ4v) is 2.16. The molecule has 0 radical (unpaired) electrons. The van der Waals surface area contributed by atoms with Crippen molar-refractivity contribution in [3.05, 3.63) is 45.4 Å². The smallest absolute Gasteiger partial charge is 0.0583 e. The monoisotopic (exact) mass is 254 g/mol. The van der Waals surface area contributed by atoms with Crippen molar-refractivity contribution >= 4 is 38.3 Å². The molecule has 0 aliphatic heterocycles. The van der Waals surface area contributed by atoms with Crippen LogP contribution in [-0.2, 0) is 0 Å². The Balaban J connectivity index is 2.94. The van der Waals surface area contributed by atoms with E-state index in [-0.39, 0.29) is 0 Å². The molecule has 0 aromatic heterocycles. The van der Waals surface area contributed by atoms with Crippen LogP contribution in [0.1, 0.15) is 5.56 Å². The fraction of sp³-hybridized carbons (Fsp3) is 0.0909. The summed E-state index contributed by atoms with van der Waals surface area (Å²) in [7, 11) is 0. The third-order valence-corrected chi connectivity index (χ3v) is 3.53. The molecule has 0 heterocycles. The summed E-state index contributed by atoms with van der Waals surface area (Å²) in [6, 6.07) is 10.3. The van der Waals surface area contributed by atoms with E-state index in [2.05, 4.69) is 28.1 Å². The minimum atomic E-state index is 0.804. The maximum atomic E-state index is 6.11. The van der Waals surface area contributed by atoms with Crippen LogP contribution < -0.4 is 0 Å². The van der Waals surface area contributed by atoms with Crippen LogP contribution in [0.3, 0.4) is 0 Å². The van der Waals surface area contributed by atoms with Crippen LogP contribution in [0.4, 0.5) is 0 Å². The summed E-state index contributed by atoms with van der Waals surface area (Å²) in [5.41, 5.74) is 1.13. The zero-order valence-corrected chi connectivity index (χ0v) is 9.48. The average molecular weight is 256 g/mol. The highest BCUT2D eigenvalue weighted by Gasteiger charge is 2.04. The molecular weight excluding hydrogens is 247 g/mol. The lowest BCUT2D eigenvalue weighted by Crippen LogP contribution is -1.81. The van der Waals surface area contributed by atoms with Crippen LogP contribution >= 0.6 is 27.5 Å². The van der Waals surface area contributed by atoms with Crippen molar-refractivity contribution in [3.8, 4) is 0 Å². The summed E-state index contributed by atoms with van der Waals surface area (Å²) in [5, 5.41) is 3.24. The van der Waals surface area contributed by atoms with Crippen LogP contribution in [-0.4, -0.2) is 0 Å². The Bertz CT molecular complexity index is 463. The summed E-state index contributed by atoms with van der Waals surface area (Å²) >= 11 is 9.54. The molecule has 0 aliphatic rings. The van der Waals surface area contributed by atoms with Crippen LogP contribution in [0.25, 0.3) is 10.8 Å². The highest BCUT2D eigenvalue weighted by Crippen LogP contribution is 2.32. The molecule has 0 unspecified atom stereocenters. The van der Waals surface area contributed by atoms with Crippen molar-refractivity contribution in [3.63, 3.8) is 0 Å². The number of hydrogen-bond acceptors (Lipinski definition) is 0. The summed E-state index contributed by atoms with van der Waals surface area (Å²) in [4.78, 5) is 0. The van der Waals surface area contributed by atoms with E-state index >= 15 is 0 Å². The topological polar surface area (TPSA) is 0 Å². The number of benzene rings is 2. The Morgan fingerprint density at radius 2 is 1.92 bits per heavy atom. The van der Waals surface area contributed by atoms with Gasteiger partial charge in [0.25, 0.3) is 0 Å². The largest absolute Gasteiger partial charge is 0.0828 e. The fourth-order valence-electron chi connectivity index (χ4n) is 1.46. The van der Waals surface area contributed by atoms with Gasteiger partial charge in [-0.2, -0.15) is 0 Å². The third-order valence-electron chi connectivity index (χ3n) is 2.19. The Hall–Kier alpha value is -0.530. The van der Waals surface area contributed by atoms with Gasteiger partial charge in [-0.1, -0.05) is 35.9 Å². The lowest BCUT2D eigenvalue weighted by atomic mass is 10.1. The second-order valence-corrected chi connectivity index (χ2v) is 4.25. The van der Waals surface area contributed by atoms with E-state index in [1.54, 1.807) is 0 Å². The molecule has 2 aromatic carbocycles. The van der Waals surface area contributed by atoms with Crippen molar-refractivity contribution in [1.29, 1.82) is 0 Å². The van der Waals surface area contributed by atoms with Gasteiger partial charge in [0, 0.05) is 4.47 Å². The lowest BCUT2D eigenvalue weighted by molar-refractivity contribution is 1.51. The maximum absolute atomic E-state index is 6.11. The number of fused-ring (bicyclic) bond motifs is 1. The molecule has 0 saturated heterocycles. The molecular formula is C11H8BrCl. The first-order valence-corrected chi connectivity index (χ1v) is 5.20. The molecule has 0 amide bonds. The molecule has 0 saturated carbocycles. The molecule has 66 valence electrons. The summed E-state index contributed by atoms with van der Waals surface area (Å²) < 4.78 is 0.963. The van der Waals surface area contributed by atoms with Crippen LogP contribution in [0, 0.1) is 6.92 Å². The first-order valence-electron chi connectivity index (χ1n) is 4.03. The molecule has 2 heteroatoms. The minimum absolute atomic E-state index is 0.804. The predicted molar refractivity (Wildman–Crippen MR) is 61.4 cm³/mol. The van der Waals surface area contributed by atoms with Crippen molar-refractivity contribution in [2.45, 2.75) is 6.92 Å². The molecule has 0 spiro atoms. The second-order valence-electron chi connectivity index (χ2n) is 3.02. The third kappa shape index (κ3) is 1.47. The molecule has 0 bridgehead atoms. The maximum Gasteiger partial charge on any atom is 0.0583 e. The van der Waals surface area contributed by atoms with Gasteiger partial charge in [-0.05, 0) is 45.3 Å². The van der Waals surface area contributed by atoms with Gasteiger partial charge in [-0.3, -0.25) is 0 Å². The van der Waals surface area contributed by atoms with Crippen molar-refractivity contribution in [1.82, 2.24) is 0 Å². The average Bonchev–Trinajstić information content (AvgIpc) is 2.15. The van der Waals surface area contributed by atoms with E-state index < -0.39 is 0 Å². The van der Waals surface area contributed by atoms with Crippen LogP contribution in [0.5, 0.6) is 0 Å². The molecule has 0 fully saturated rings. The summed E-state index contributed by atoms with van der Waals surface area (Å²) in [6.07, 6.45) is 0. The van der Waals surface area contributed by atoms with Gasteiger partial charge < -0.3 is 0 Å². The molecule has 2 aromatic rings. The van der Waals surface area contributed by atoms with Gasteiger partial charge in [-0.15, -0.1) is 0 Å². The van der Waals surface area contributed by atoms with Crippen molar-refractivity contribution < 1.29 is 0 Å². The van der Waals surface area contributed by atoms with E-state index in [0.29, 0.717) is 0 Å². The van der Waals surface area contributed by atoms with E-state index in [9.17, 15) is 0 Å². The molecule has 0 nitrogen and oxygen atoms in total. The van der Waals surface area contributed by atoms with Gasteiger partial charge in [0.05, 0.1) is 5.02 Å². The Morgan fingerprint density at radius 1 is 1.23 bits per heavy atom. The van der Waals surface area contributed by atoms with Gasteiger partial charge in [0.2, 0.25) is 0 Å². The van der Waals surface area contributed by atoms with Crippen molar-refractivity contribution in [2.75, 3.05) is 0 Å². The molecule has 0 N–H and O–H groups in total. The predicted octanol–water partition coefficient (Wildman–Crippen LogP) is 4.56. The van der Waals surface area contributed by atoms with Crippen molar-refractivity contribution in [2.24, 2.45) is 0 Å². The van der Waals surface area contributed by atoms with Gasteiger partial charge >= 0.3 is 0 Å². The first-order chi connectivity index (χ1) is 6.20. The SMILES string of the molecule is Cc1c(Cl)c(Br)cc2ccccc12. The zero-order chi connectivity index (χ0) is 9.42. The Kier molecular flexibility index (Phi) is 2.31. The highest BCUT2D eigenvalue weighted by molar-refractivity contribution is 9.10. The zero-order valence-electron chi connectivity index (χ0n) is 7.14. The summed E-state index contributed by atoms with van der Waals surface area (Å²) in [6.45, 7) is 2.04. The van der Waals surface area contributed by atoms with Gasteiger partial charge in [-0.25, -0.2) is 0 Å². The van der Waals surface area contributed by atoms with E-state index in [0.717, 1.165) is 15.1 Å². The number of halogens is 2. The lowest BCUT2D eigenvalue weighted by Gasteiger charge is -2.05. The quantitative estimate of drug-likeness (QED) is 0.647. The van der Waals surface area contributed by atoms with Crippen LogP contribution in [0.2, 0.25) is 5.02 Å². The highest BCUT2D eigenvalue weighted by atomic mass is 79.9. The number of rotatable bonds is 0. The molecule has 2 rings (SSSR count). The number of hydrogen-bond donors (Lipinski definition) is 0. The second kappa shape index (κ2) is 3.32. The molecule has 0 atom stereocenters.